The van der Waals surface area contributed by atoms with Crippen molar-refractivity contribution < 1.29 is 14.0 Å². The van der Waals surface area contributed by atoms with E-state index in [1.54, 1.807) is 24.3 Å². The molecular weight excluding hydrogens is 485 g/mol. The molecule has 2 aromatic carbocycles. The fraction of sp³-hybridized carbons (Fsp3) is 0.259. The van der Waals surface area contributed by atoms with Crippen molar-refractivity contribution in [2.24, 2.45) is 0 Å². The second kappa shape index (κ2) is 11.0. The van der Waals surface area contributed by atoms with Crippen molar-refractivity contribution in [3.63, 3.8) is 0 Å². The number of hydrogen-bond acceptors (Lipinski definition) is 4. The van der Waals surface area contributed by atoms with Crippen molar-refractivity contribution in [2.75, 3.05) is 36.4 Å². The van der Waals surface area contributed by atoms with Gasteiger partial charge in [-0.25, -0.2) is 0 Å². The van der Waals surface area contributed by atoms with Crippen molar-refractivity contribution in [1.82, 2.24) is 4.90 Å². The minimum absolute atomic E-state index is 0.158. The van der Waals surface area contributed by atoms with E-state index in [1.165, 1.54) is 6.08 Å². The highest BCUT2D eigenvalue weighted by Gasteiger charge is 2.22. The molecule has 0 saturated carbocycles. The molecule has 0 unspecified atom stereocenters. The number of carbonyl (C=O) groups is 2. The van der Waals surface area contributed by atoms with Gasteiger partial charge in [-0.05, 0) is 55.0 Å². The van der Waals surface area contributed by atoms with Crippen molar-refractivity contribution in [3.8, 4) is 11.3 Å². The lowest BCUT2D eigenvalue weighted by atomic mass is 10.1. The SMILES string of the molecule is CCC(=O)N1CCN(c2ccc(Cl)cc2NC(=O)/C=C/c2ccc(-c3ccc(C)c(Cl)c3)o2)CC1. The van der Waals surface area contributed by atoms with Gasteiger partial charge in [0.15, 0.2) is 0 Å². The third-order valence-corrected chi connectivity index (χ3v) is 6.62. The summed E-state index contributed by atoms with van der Waals surface area (Å²) in [4.78, 5) is 28.7. The van der Waals surface area contributed by atoms with E-state index in [2.05, 4.69) is 10.2 Å². The average Bonchev–Trinajstić information content (AvgIpc) is 3.33. The molecule has 8 heteroatoms. The Kier molecular flexibility index (Phi) is 7.83. The van der Waals surface area contributed by atoms with Gasteiger partial charge in [-0.3, -0.25) is 9.59 Å². The Balaban J connectivity index is 1.43. The van der Waals surface area contributed by atoms with Crippen LogP contribution in [0.4, 0.5) is 11.4 Å². The summed E-state index contributed by atoms with van der Waals surface area (Å²) in [5.74, 6) is 1.08. The van der Waals surface area contributed by atoms with Gasteiger partial charge in [-0.2, -0.15) is 0 Å². The van der Waals surface area contributed by atoms with E-state index in [-0.39, 0.29) is 11.8 Å². The Bertz CT molecular complexity index is 1260. The number of benzene rings is 2. The molecule has 1 fully saturated rings. The molecule has 0 spiro atoms. The summed E-state index contributed by atoms with van der Waals surface area (Å²) in [7, 11) is 0. The number of nitrogens with zero attached hydrogens (tertiary/aromatic N) is 2. The number of piperazine rings is 1. The molecule has 6 nitrogen and oxygen atoms in total. The van der Waals surface area contributed by atoms with Gasteiger partial charge in [-0.15, -0.1) is 0 Å². The molecule has 1 N–H and O–H groups in total. The zero-order valence-corrected chi connectivity index (χ0v) is 21.2. The highest BCUT2D eigenvalue weighted by molar-refractivity contribution is 6.31. The summed E-state index contributed by atoms with van der Waals surface area (Å²) in [6, 6.07) is 14.8. The summed E-state index contributed by atoms with van der Waals surface area (Å²) < 4.78 is 5.85. The number of aryl methyl sites for hydroxylation is 1. The first-order valence-corrected chi connectivity index (χ1v) is 12.3. The minimum atomic E-state index is -0.301. The number of amides is 2. The molecule has 0 radical (unpaired) electrons. The Morgan fingerprint density at radius 3 is 2.51 bits per heavy atom. The highest BCUT2D eigenvalue weighted by Crippen LogP contribution is 2.31. The Morgan fingerprint density at radius 2 is 1.80 bits per heavy atom. The second-order valence-corrected chi connectivity index (χ2v) is 9.22. The lowest BCUT2D eigenvalue weighted by molar-refractivity contribution is -0.131. The zero-order valence-electron chi connectivity index (χ0n) is 19.7. The summed E-state index contributed by atoms with van der Waals surface area (Å²) in [6.07, 6.45) is 3.55. The topological polar surface area (TPSA) is 65.8 Å². The van der Waals surface area contributed by atoms with Gasteiger partial charge < -0.3 is 19.5 Å². The molecular formula is C27H27Cl2N3O3. The van der Waals surface area contributed by atoms with Crippen molar-refractivity contribution in [3.05, 3.63) is 76.0 Å². The van der Waals surface area contributed by atoms with Crippen LogP contribution in [0.15, 0.2) is 59.0 Å². The van der Waals surface area contributed by atoms with E-state index in [4.69, 9.17) is 27.6 Å². The van der Waals surface area contributed by atoms with Crippen LogP contribution >= 0.6 is 23.2 Å². The molecule has 0 atom stereocenters. The summed E-state index contributed by atoms with van der Waals surface area (Å²) in [5, 5.41) is 4.13. The Morgan fingerprint density at radius 1 is 1.03 bits per heavy atom. The van der Waals surface area contributed by atoms with Gasteiger partial charge >= 0.3 is 0 Å². The first-order chi connectivity index (χ1) is 16.8. The molecule has 1 saturated heterocycles. The Hall–Kier alpha value is -3.22. The maximum Gasteiger partial charge on any atom is 0.248 e. The van der Waals surface area contributed by atoms with E-state index in [0.29, 0.717) is 59.9 Å². The van der Waals surface area contributed by atoms with Gasteiger partial charge in [0.1, 0.15) is 11.5 Å². The van der Waals surface area contributed by atoms with Crippen LogP contribution in [-0.4, -0.2) is 42.9 Å². The van der Waals surface area contributed by atoms with Crippen LogP contribution in [0, 0.1) is 6.92 Å². The minimum Gasteiger partial charge on any atom is -0.457 e. The lowest BCUT2D eigenvalue weighted by Gasteiger charge is -2.37. The van der Waals surface area contributed by atoms with E-state index < -0.39 is 0 Å². The van der Waals surface area contributed by atoms with E-state index in [1.807, 2.05) is 49.1 Å². The molecule has 1 aliphatic heterocycles. The third-order valence-electron chi connectivity index (χ3n) is 5.97. The number of nitrogens with one attached hydrogen (secondary N) is 1. The van der Waals surface area contributed by atoms with Crippen molar-refractivity contribution >= 4 is 52.5 Å². The van der Waals surface area contributed by atoms with Crippen LogP contribution in [0.25, 0.3) is 17.4 Å². The lowest BCUT2D eigenvalue weighted by Crippen LogP contribution is -2.48. The second-order valence-electron chi connectivity index (χ2n) is 8.37. The normalized spacial score (nSPS) is 13.9. The molecule has 182 valence electrons. The summed E-state index contributed by atoms with van der Waals surface area (Å²) >= 11 is 12.4. The molecule has 4 rings (SSSR count). The zero-order chi connectivity index (χ0) is 24.9. The largest absolute Gasteiger partial charge is 0.457 e. The monoisotopic (exact) mass is 511 g/mol. The highest BCUT2D eigenvalue weighted by atomic mass is 35.5. The predicted octanol–water partition coefficient (Wildman–Crippen LogP) is 6.27. The van der Waals surface area contributed by atoms with Gasteiger partial charge in [0, 0.05) is 54.3 Å². The summed E-state index contributed by atoms with van der Waals surface area (Å²) in [6.45, 7) is 6.48. The maximum atomic E-state index is 12.7. The molecule has 1 aliphatic rings. The van der Waals surface area contributed by atoms with Crippen LogP contribution in [0.5, 0.6) is 0 Å². The number of furan rings is 1. The number of carbonyl (C=O) groups excluding carboxylic acids is 2. The van der Waals surface area contributed by atoms with Gasteiger partial charge in [0.2, 0.25) is 11.8 Å². The summed E-state index contributed by atoms with van der Waals surface area (Å²) in [5.41, 5.74) is 3.36. The van der Waals surface area contributed by atoms with Crippen LogP contribution in [-0.2, 0) is 9.59 Å². The van der Waals surface area contributed by atoms with Gasteiger partial charge in [0.05, 0.1) is 11.4 Å². The van der Waals surface area contributed by atoms with Crippen LogP contribution in [0.1, 0.15) is 24.7 Å². The fourth-order valence-electron chi connectivity index (χ4n) is 3.98. The molecule has 35 heavy (non-hydrogen) atoms. The maximum absolute atomic E-state index is 12.7. The first-order valence-electron chi connectivity index (χ1n) is 11.5. The Labute approximate surface area is 215 Å². The number of hydrogen-bond donors (Lipinski definition) is 1. The molecule has 0 aliphatic carbocycles. The van der Waals surface area contributed by atoms with Crippen LogP contribution in [0.3, 0.4) is 0 Å². The number of rotatable bonds is 6. The van der Waals surface area contributed by atoms with E-state index in [0.717, 1.165) is 16.8 Å². The number of anilines is 2. The van der Waals surface area contributed by atoms with Crippen molar-refractivity contribution in [1.29, 1.82) is 0 Å². The third kappa shape index (κ3) is 6.08. The van der Waals surface area contributed by atoms with Crippen molar-refractivity contribution in [2.45, 2.75) is 20.3 Å². The first kappa shape index (κ1) is 24.9. The molecule has 3 aromatic rings. The predicted molar refractivity (Wildman–Crippen MR) is 142 cm³/mol. The quantitative estimate of drug-likeness (QED) is 0.396. The van der Waals surface area contributed by atoms with Crippen LogP contribution < -0.4 is 10.2 Å². The smallest absolute Gasteiger partial charge is 0.248 e. The molecule has 2 heterocycles. The standard InChI is InChI=1S/C27H27Cl2N3O3/c1-3-27(34)32-14-12-31(13-15-32)24-9-6-20(28)17-23(24)30-26(33)11-8-21-7-10-25(35-21)19-5-4-18(2)22(29)16-19/h4-11,16-17H,3,12-15H2,1-2H3,(H,30,33)/b11-8+. The van der Waals surface area contributed by atoms with Crippen LogP contribution in [0.2, 0.25) is 10.0 Å². The van der Waals surface area contributed by atoms with Gasteiger partial charge in [0.25, 0.3) is 0 Å². The van der Waals surface area contributed by atoms with E-state index >= 15 is 0 Å². The molecule has 0 bridgehead atoms. The average molecular weight is 512 g/mol. The van der Waals surface area contributed by atoms with Gasteiger partial charge in [-0.1, -0.05) is 42.3 Å². The molecule has 2 amide bonds. The number of halogens is 2. The fourth-order valence-corrected chi connectivity index (χ4v) is 4.33. The van der Waals surface area contributed by atoms with E-state index in [9.17, 15) is 9.59 Å². The molecule has 1 aromatic heterocycles.